The summed E-state index contributed by atoms with van der Waals surface area (Å²) >= 11 is 0. The van der Waals surface area contributed by atoms with Crippen LogP contribution >= 0.6 is 0 Å². The minimum Gasteiger partial charge on any atom is -0.336 e. The highest BCUT2D eigenvalue weighted by Crippen LogP contribution is 2.28. The first-order valence-corrected chi connectivity index (χ1v) is 8.94. The molecule has 2 N–H and O–H groups in total. The maximum Gasteiger partial charge on any atom is 0.401 e. The third-order valence-electron chi connectivity index (χ3n) is 5.20. The van der Waals surface area contributed by atoms with Crippen LogP contribution in [-0.4, -0.2) is 66.7 Å². The number of nitrogens with one attached hydrogen (secondary N) is 2. The molecular formula is C18H25F3N4O. The van der Waals surface area contributed by atoms with Crippen LogP contribution in [0.2, 0.25) is 0 Å². The summed E-state index contributed by atoms with van der Waals surface area (Å²) in [5.74, 6) is 0.143. The minimum atomic E-state index is -4.20. The molecule has 144 valence electrons. The average Bonchev–Trinajstić information content (AvgIpc) is 2.92. The van der Waals surface area contributed by atoms with E-state index >= 15 is 0 Å². The molecule has 26 heavy (non-hydrogen) atoms. The highest BCUT2D eigenvalue weighted by Gasteiger charge is 2.34. The highest BCUT2D eigenvalue weighted by atomic mass is 19.4. The molecule has 2 fully saturated rings. The molecule has 0 radical (unpaired) electrons. The summed E-state index contributed by atoms with van der Waals surface area (Å²) in [6, 6.07) is 8.09. The van der Waals surface area contributed by atoms with Gasteiger partial charge in [0.05, 0.1) is 6.54 Å². The maximum absolute atomic E-state index is 12.8. The molecule has 0 spiro atoms. The molecule has 2 unspecified atom stereocenters. The fourth-order valence-corrected chi connectivity index (χ4v) is 3.88. The lowest BCUT2D eigenvalue weighted by atomic mass is 9.88. The fraction of sp³-hybridized carbons (Fsp3) is 0.611. The van der Waals surface area contributed by atoms with Gasteiger partial charge in [-0.2, -0.15) is 13.2 Å². The molecule has 3 rings (SSSR count). The van der Waals surface area contributed by atoms with Crippen molar-refractivity contribution in [2.24, 2.45) is 0 Å². The molecule has 8 heteroatoms. The normalized spacial score (nSPS) is 27.7. The van der Waals surface area contributed by atoms with Crippen LogP contribution in [0, 0.1) is 0 Å². The maximum atomic E-state index is 12.8. The summed E-state index contributed by atoms with van der Waals surface area (Å²) in [6.07, 6.45) is -4.20. The van der Waals surface area contributed by atoms with E-state index in [1.54, 1.807) is 11.0 Å². The van der Waals surface area contributed by atoms with Gasteiger partial charge >= 0.3 is 6.18 Å². The SMILES string of the molecule is CC1NNC(C)C1c1cccc(C(=O)N2CCN(CC(F)(F)F)CC2)c1. The van der Waals surface area contributed by atoms with E-state index in [1.807, 2.05) is 18.2 Å². The van der Waals surface area contributed by atoms with Crippen LogP contribution in [0.1, 0.15) is 35.7 Å². The van der Waals surface area contributed by atoms with Crippen molar-refractivity contribution in [3.63, 3.8) is 0 Å². The molecule has 2 aliphatic heterocycles. The third-order valence-corrected chi connectivity index (χ3v) is 5.20. The topological polar surface area (TPSA) is 47.6 Å². The minimum absolute atomic E-state index is 0.113. The molecule has 2 aliphatic rings. The second-order valence-electron chi connectivity index (χ2n) is 7.20. The molecule has 2 saturated heterocycles. The van der Waals surface area contributed by atoms with Gasteiger partial charge in [0.1, 0.15) is 0 Å². The number of amides is 1. The molecular weight excluding hydrogens is 345 g/mol. The molecule has 1 aromatic carbocycles. The molecule has 1 amide bonds. The number of nitrogens with zero attached hydrogens (tertiary/aromatic N) is 2. The number of piperazine rings is 1. The number of carbonyl (C=O) groups is 1. The Morgan fingerprint density at radius 1 is 1.12 bits per heavy atom. The van der Waals surface area contributed by atoms with Gasteiger partial charge in [0.2, 0.25) is 0 Å². The van der Waals surface area contributed by atoms with E-state index in [-0.39, 0.29) is 37.0 Å². The molecule has 2 heterocycles. The van der Waals surface area contributed by atoms with Gasteiger partial charge in [0, 0.05) is 49.7 Å². The van der Waals surface area contributed by atoms with Crippen molar-refractivity contribution < 1.29 is 18.0 Å². The van der Waals surface area contributed by atoms with Gasteiger partial charge in [-0.1, -0.05) is 12.1 Å². The Kier molecular flexibility index (Phi) is 5.55. The molecule has 0 aromatic heterocycles. The van der Waals surface area contributed by atoms with Gasteiger partial charge < -0.3 is 4.90 Å². The van der Waals surface area contributed by atoms with Gasteiger partial charge in [0.25, 0.3) is 5.91 Å². The second kappa shape index (κ2) is 7.54. The lowest BCUT2D eigenvalue weighted by Crippen LogP contribution is -2.50. The summed E-state index contributed by atoms with van der Waals surface area (Å²) in [5.41, 5.74) is 8.10. The van der Waals surface area contributed by atoms with E-state index in [4.69, 9.17) is 0 Å². The zero-order chi connectivity index (χ0) is 18.9. The van der Waals surface area contributed by atoms with E-state index in [0.717, 1.165) is 5.56 Å². The lowest BCUT2D eigenvalue weighted by molar-refractivity contribution is -0.148. The van der Waals surface area contributed by atoms with Gasteiger partial charge in [-0.25, -0.2) is 0 Å². The molecule has 2 atom stereocenters. The van der Waals surface area contributed by atoms with Crippen molar-refractivity contribution in [1.29, 1.82) is 0 Å². The third kappa shape index (κ3) is 4.36. The number of rotatable bonds is 3. The number of alkyl halides is 3. The van der Waals surface area contributed by atoms with Crippen molar-refractivity contribution in [2.45, 2.75) is 38.0 Å². The first kappa shape index (κ1) is 19.1. The Bertz CT molecular complexity index is 634. The highest BCUT2D eigenvalue weighted by molar-refractivity contribution is 5.94. The summed E-state index contributed by atoms with van der Waals surface area (Å²) in [4.78, 5) is 15.8. The number of halogens is 3. The van der Waals surface area contributed by atoms with Crippen molar-refractivity contribution in [3.05, 3.63) is 35.4 Å². The largest absolute Gasteiger partial charge is 0.401 e. The molecule has 5 nitrogen and oxygen atoms in total. The Labute approximate surface area is 151 Å². The van der Waals surface area contributed by atoms with E-state index in [0.29, 0.717) is 18.7 Å². The van der Waals surface area contributed by atoms with Gasteiger partial charge in [0.15, 0.2) is 0 Å². The van der Waals surface area contributed by atoms with Crippen LogP contribution in [-0.2, 0) is 0 Å². The first-order valence-electron chi connectivity index (χ1n) is 8.94. The van der Waals surface area contributed by atoms with E-state index in [1.165, 1.54) is 4.90 Å². The predicted molar refractivity (Wildman–Crippen MR) is 92.8 cm³/mol. The molecule has 0 bridgehead atoms. The zero-order valence-electron chi connectivity index (χ0n) is 15.0. The second-order valence-corrected chi connectivity index (χ2v) is 7.20. The van der Waals surface area contributed by atoms with E-state index in [2.05, 4.69) is 24.7 Å². The van der Waals surface area contributed by atoms with Crippen LogP contribution in [0.15, 0.2) is 24.3 Å². The Morgan fingerprint density at radius 3 is 2.31 bits per heavy atom. The quantitative estimate of drug-likeness (QED) is 0.854. The predicted octanol–water partition coefficient (Wildman–Crippen LogP) is 1.98. The first-order chi connectivity index (χ1) is 12.2. The molecule has 0 saturated carbocycles. The van der Waals surface area contributed by atoms with Crippen LogP contribution in [0.4, 0.5) is 13.2 Å². The van der Waals surface area contributed by atoms with Gasteiger partial charge in [-0.15, -0.1) is 0 Å². The van der Waals surface area contributed by atoms with Gasteiger partial charge in [-0.05, 0) is 31.5 Å². The lowest BCUT2D eigenvalue weighted by Gasteiger charge is -2.35. The van der Waals surface area contributed by atoms with Crippen LogP contribution in [0.3, 0.4) is 0 Å². The van der Waals surface area contributed by atoms with E-state index < -0.39 is 12.7 Å². The Balaban J connectivity index is 1.65. The van der Waals surface area contributed by atoms with Crippen molar-refractivity contribution in [3.8, 4) is 0 Å². The van der Waals surface area contributed by atoms with Crippen molar-refractivity contribution in [1.82, 2.24) is 20.7 Å². The monoisotopic (exact) mass is 370 g/mol. The van der Waals surface area contributed by atoms with Crippen molar-refractivity contribution in [2.75, 3.05) is 32.7 Å². The Hall–Kier alpha value is -1.64. The summed E-state index contributed by atoms with van der Waals surface area (Å²) in [7, 11) is 0. The smallest absolute Gasteiger partial charge is 0.336 e. The zero-order valence-corrected chi connectivity index (χ0v) is 15.0. The standard InChI is InChI=1S/C18H25F3N4O/c1-12-16(13(2)23-22-12)14-4-3-5-15(10-14)17(26)25-8-6-24(7-9-25)11-18(19,20)21/h3-5,10,12-13,16,22-23H,6-9,11H2,1-2H3. The molecule has 0 aliphatic carbocycles. The van der Waals surface area contributed by atoms with Crippen LogP contribution in [0.5, 0.6) is 0 Å². The fourth-order valence-electron chi connectivity index (χ4n) is 3.88. The number of hydrazine groups is 1. The van der Waals surface area contributed by atoms with Crippen LogP contribution < -0.4 is 10.9 Å². The number of carbonyl (C=O) groups excluding carboxylic acids is 1. The summed E-state index contributed by atoms with van der Waals surface area (Å²) in [6.45, 7) is 4.40. The number of hydrogen-bond donors (Lipinski definition) is 2. The average molecular weight is 370 g/mol. The number of hydrogen-bond acceptors (Lipinski definition) is 4. The van der Waals surface area contributed by atoms with Crippen molar-refractivity contribution >= 4 is 5.91 Å². The summed E-state index contributed by atoms with van der Waals surface area (Å²) < 4.78 is 37.5. The summed E-state index contributed by atoms with van der Waals surface area (Å²) in [5, 5.41) is 0. The van der Waals surface area contributed by atoms with Crippen LogP contribution in [0.25, 0.3) is 0 Å². The Morgan fingerprint density at radius 2 is 1.73 bits per heavy atom. The van der Waals surface area contributed by atoms with Gasteiger partial charge in [-0.3, -0.25) is 20.5 Å². The number of benzene rings is 1. The molecule has 1 aromatic rings. The van der Waals surface area contributed by atoms with E-state index in [9.17, 15) is 18.0 Å².